The minimum absolute atomic E-state index is 0.309. The van der Waals surface area contributed by atoms with Gasteiger partial charge >= 0.3 is 11.9 Å². The first kappa shape index (κ1) is 13.4. The van der Waals surface area contributed by atoms with E-state index in [1.54, 1.807) is 12.1 Å². The maximum atomic E-state index is 12.0. The molecule has 21 heavy (non-hydrogen) atoms. The van der Waals surface area contributed by atoms with Gasteiger partial charge in [0, 0.05) is 6.42 Å². The quantitative estimate of drug-likeness (QED) is 0.812. The zero-order chi connectivity index (χ0) is 14.7. The molecule has 106 valence electrons. The molecule has 0 spiro atoms. The molecule has 2 aromatic carbocycles. The summed E-state index contributed by atoms with van der Waals surface area (Å²) in [6.45, 7) is 0.309. The normalized spacial score (nSPS) is 17.3. The second-order valence-electron chi connectivity index (χ2n) is 4.79. The predicted octanol–water partition coefficient (Wildman–Crippen LogP) is 2.83. The largest absolute Gasteiger partial charge is 0.463 e. The zero-order valence-electron chi connectivity index (χ0n) is 11.3. The van der Waals surface area contributed by atoms with Gasteiger partial charge in [0.25, 0.3) is 0 Å². The second-order valence-corrected chi connectivity index (χ2v) is 4.79. The molecule has 1 saturated heterocycles. The molecule has 0 aliphatic carbocycles. The van der Waals surface area contributed by atoms with Crippen LogP contribution in [-0.4, -0.2) is 24.6 Å². The number of benzene rings is 2. The molecule has 0 radical (unpaired) electrons. The Kier molecular flexibility index (Phi) is 3.69. The predicted molar refractivity (Wildman–Crippen MR) is 76.7 cm³/mol. The summed E-state index contributed by atoms with van der Waals surface area (Å²) in [5, 5.41) is 0. The van der Waals surface area contributed by atoms with Gasteiger partial charge in [-0.25, -0.2) is 9.59 Å². The van der Waals surface area contributed by atoms with Gasteiger partial charge in [-0.1, -0.05) is 42.5 Å². The summed E-state index contributed by atoms with van der Waals surface area (Å²) in [6, 6.07) is 17.0. The number of rotatable bonds is 3. The van der Waals surface area contributed by atoms with Gasteiger partial charge in [-0.15, -0.1) is 0 Å². The topological polar surface area (TPSA) is 52.6 Å². The molecule has 0 N–H and O–H groups in total. The van der Waals surface area contributed by atoms with E-state index in [1.165, 1.54) is 0 Å². The van der Waals surface area contributed by atoms with Gasteiger partial charge in [-0.2, -0.15) is 0 Å². The summed E-state index contributed by atoms with van der Waals surface area (Å²) in [5.74, 6) is -0.970. The molecule has 0 aromatic heterocycles. The molecule has 0 bridgehead atoms. The molecule has 4 nitrogen and oxygen atoms in total. The lowest BCUT2D eigenvalue weighted by Gasteiger charge is -2.08. The van der Waals surface area contributed by atoms with Gasteiger partial charge in [-0.3, -0.25) is 0 Å². The molecule has 3 rings (SSSR count). The summed E-state index contributed by atoms with van der Waals surface area (Å²) >= 11 is 0. The molecule has 1 heterocycles. The van der Waals surface area contributed by atoms with Crippen molar-refractivity contribution in [2.24, 2.45) is 0 Å². The molecule has 1 atom stereocenters. The Morgan fingerprint density at radius 1 is 1.00 bits per heavy atom. The minimum atomic E-state index is -0.772. The van der Waals surface area contributed by atoms with Crippen LogP contribution in [0.1, 0.15) is 16.8 Å². The van der Waals surface area contributed by atoms with Crippen molar-refractivity contribution in [2.75, 3.05) is 6.61 Å². The Balaban J connectivity index is 1.72. The Bertz CT molecular complexity index is 646. The van der Waals surface area contributed by atoms with Crippen molar-refractivity contribution < 1.29 is 19.1 Å². The summed E-state index contributed by atoms with van der Waals surface area (Å²) in [6.07, 6.45) is -0.349. The molecular formula is C17H14O4. The zero-order valence-corrected chi connectivity index (χ0v) is 11.3. The fraction of sp³-hybridized carbons (Fsp3) is 0.176. The first-order valence-corrected chi connectivity index (χ1v) is 6.77. The van der Waals surface area contributed by atoms with Crippen LogP contribution in [0.25, 0.3) is 11.1 Å². The highest BCUT2D eigenvalue weighted by Crippen LogP contribution is 2.20. The van der Waals surface area contributed by atoms with Gasteiger partial charge in [0.1, 0.15) is 0 Å². The molecule has 1 unspecified atom stereocenters. The van der Waals surface area contributed by atoms with E-state index < -0.39 is 18.0 Å². The molecule has 1 fully saturated rings. The van der Waals surface area contributed by atoms with Gasteiger partial charge in [0.2, 0.25) is 6.10 Å². The number of cyclic esters (lactones) is 1. The van der Waals surface area contributed by atoms with Crippen molar-refractivity contribution in [1.82, 2.24) is 0 Å². The molecule has 0 saturated carbocycles. The third kappa shape index (κ3) is 2.94. The van der Waals surface area contributed by atoms with Gasteiger partial charge in [0.05, 0.1) is 12.2 Å². The third-order valence-corrected chi connectivity index (χ3v) is 3.36. The second kappa shape index (κ2) is 5.79. The Morgan fingerprint density at radius 2 is 1.67 bits per heavy atom. The van der Waals surface area contributed by atoms with E-state index in [0.717, 1.165) is 11.1 Å². The monoisotopic (exact) mass is 282 g/mol. The minimum Gasteiger partial charge on any atom is -0.463 e. The van der Waals surface area contributed by atoms with Gasteiger partial charge in [-0.05, 0) is 23.3 Å². The third-order valence-electron chi connectivity index (χ3n) is 3.36. The summed E-state index contributed by atoms with van der Waals surface area (Å²) in [5.41, 5.74) is 2.53. The summed E-state index contributed by atoms with van der Waals surface area (Å²) in [7, 11) is 0. The lowest BCUT2D eigenvalue weighted by atomic mass is 10.0. The number of esters is 2. The Morgan fingerprint density at radius 3 is 2.29 bits per heavy atom. The fourth-order valence-corrected chi connectivity index (χ4v) is 2.21. The van der Waals surface area contributed by atoms with Crippen LogP contribution in [-0.2, 0) is 14.3 Å². The van der Waals surface area contributed by atoms with E-state index in [2.05, 4.69) is 0 Å². The van der Waals surface area contributed by atoms with Gasteiger partial charge < -0.3 is 9.47 Å². The molecular weight excluding hydrogens is 268 g/mol. The number of ether oxygens (including phenoxy) is 2. The smallest absolute Gasteiger partial charge is 0.347 e. The lowest BCUT2D eigenvalue weighted by Crippen LogP contribution is -2.22. The van der Waals surface area contributed by atoms with Crippen molar-refractivity contribution in [1.29, 1.82) is 0 Å². The first-order chi connectivity index (χ1) is 10.2. The fourth-order valence-electron chi connectivity index (χ4n) is 2.21. The SMILES string of the molecule is O=C(OC1CCOC1=O)c1ccc(-c2ccccc2)cc1. The van der Waals surface area contributed by atoms with E-state index >= 15 is 0 Å². The van der Waals surface area contributed by atoms with E-state index in [9.17, 15) is 9.59 Å². The highest BCUT2D eigenvalue weighted by Gasteiger charge is 2.30. The lowest BCUT2D eigenvalue weighted by molar-refractivity contribution is -0.145. The van der Waals surface area contributed by atoms with Crippen LogP contribution in [0, 0.1) is 0 Å². The molecule has 1 aliphatic heterocycles. The van der Waals surface area contributed by atoms with Crippen molar-refractivity contribution in [3.05, 3.63) is 60.2 Å². The average Bonchev–Trinajstić information content (AvgIpc) is 2.93. The van der Waals surface area contributed by atoms with Crippen molar-refractivity contribution >= 4 is 11.9 Å². The van der Waals surface area contributed by atoms with E-state index in [4.69, 9.17) is 9.47 Å². The van der Waals surface area contributed by atoms with Crippen LogP contribution in [0.2, 0.25) is 0 Å². The number of carbonyl (C=O) groups is 2. The van der Waals surface area contributed by atoms with Crippen LogP contribution in [0.15, 0.2) is 54.6 Å². The summed E-state index contributed by atoms with van der Waals surface area (Å²) in [4.78, 5) is 23.2. The highest BCUT2D eigenvalue weighted by molar-refractivity contribution is 5.92. The molecule has 4 heteroatoms. The van der Waals surface area contributed by atoms with Crippen molar-refractivity contribution in [2.45, 2.75) is 12.5 Å². The Hall–Kier alpha value is -2.62. The first-order valence-electron chi connectivity index (χ1n) is 6.77. The summed E-state index contributed by atoms with van der Waals surface area (Å²) < 4.78 is 9.90. The van der Waals surface area contributed by atoms with Crippen LogP contribution in [0.3, 0.4) is 0 Å². The van der Waals surface area contributed by atoms with Crippen LogP contribution in [0.4, 0.5) is 0 Å². The van der Waals surface area contributed by atoms with E-state index in [0.29, 0.717) is 18.6 Å². The maximum absolute atomic E-state index is 12.0. The molecule has 2 aromatic rings. The van der Waals surface area contributed by atoms with Crippen LogP contribution in [0.5, 0.6) is 0 Å². The van der Waals surface area contributed by atoms with Crippen LogP contribution < -0.4 is 0 Å². The van der Waals surface area contributed by atoms with Crippen molar-refractivity contribution in [3.63, 3.8) is 0 Å². The van der Waals surface area contributed by atoms with Gasteiger partial charge in [0.15, 0.2) is 0 Å². The number of hydrogen-bond donors (Lipinski definition) is 0. The van der Waals surface area contributed by atoms with E-state index in [-0.39, 0.29) is 0 Å². The number of hydrogen-bond acceptors (Lipinski definition) is 4. The molecule has 0 amide bonds. The highest BCUT2D eigenvalue weighted by atomic mass is 16.6. The number of carbonyl (C=O) groups excluding carboxylic acids is 2. The maximum Gasteiger partial charge on any atom is 0.347 e. The van der Waals surface area contributed by atoms with Crippen molar-refractivity contribution in [3.8, 4) is 11.1 Å². The average molecular weight is 282 g/mol. The standard InChI is InChI=1S/C17H14O4/c18-16(21-15-10-11-20-17(15)19)14-8-6-13(7-9-14)12-4-2-1-3-5-12/h1-9,15H,10-11H2. The Labute approximate surface area is 122 Å². The molecule has 1 aliphatic rings. The van der Waals surface area contributed by atoms with E-state index in [1.807, 2.05) is 42.5 Å². The van der Waals surface area contributed by atoms with Crippen LogP contribution >= 0.6 is 0 Å².